The second-order valence-corrected chi connectivity index (χ2v) is 7.93. The molecule has 108 valence electrons. The van der Waals surface area contributed by atoms with E-state index in [1.807, 2.05) is 0 Å². The van der Waals surface area contributed by atoms with Crippen molar-refractivity contribution in [3.63, 3.8) is 0 Å². The molecule has 5 bridgehead atoms. The Balaban J connectivity index is 1.32. The SMILES string of the molecule is C=C(C)C(=O)OCC1CC2CC1C1C2C2CC13CC2O3. The highest BCUT2D eigenvalue weighted by molar-refractivity contribution is 5.86. The van der Waals surface area contributed by atoms with Crippen molar-refractivity contribution in [2.24, 2.45) is 35.5 Å². The fourth-order valence-corrected chi connectivity index (χ4v) is 6.66. The molecule has 3 nitrogen and oxygen atoms in total. The lowest BCUT2D eigenvalue weighted by molar-refractivity contribution is -0.239. The van der Waals surface area contributed by atoms with Crippen LogP contribution in [0.25, 0.3) is 0 Å². The van der Waals surface area contributed by atoms with Gasteiger partial charge in [0.15, 0.2) is 0 Å². The summed E-state index contributed by atoms with van der Waals surface area (Å²) in [6.07, 6.45) is 5.89. The molecular formula is C17H22O3. The van der Waals surface area contributed by atoms with Gasteiger partial charge in [0.1, 0.15) is 0 Å². The normalized spacial score (nSPS) is 56.5. The Hall–Kier alpha value is -0.830. The van der Waals surface area contributed by atoms with Crippen molar-refractivity contribution in [2.45, 2.75) is 44.3 Å². The molecule has 0 N–H and O–H groups in total. The summed E-state index contributed by atoms with van der Waals surface area (Å²) in [5.41, 5.74) is 0.769. The Morgan fingerprint density at radius 1 is 1.35 bits per heavy atom. The van der Waals surface area contributed by atoms with Gasteiger partial charge in [0, 0.05) is 12.0 Å². The summed E-state index contributed by atoms with van der Waals surface area (Å²) in [7, 11) is 0. The second-order valence-electron chi connectivity index (χ2n) is 7.93. The maximum Gasteiger partial charge on any atom is 0.333 e. The lowest BCUT2D eigenvalue weighted by atomic mass is 9.63. The van der Waals surface area contributed by atoms with Gasteiger partial charge in [0.25, 0.3) is 0 Å². The standard InChI is InChI=1S/C17H22O3/c1-8(2)16(18)19-7-10-3-9-4-11(10)15-14(9)12-5-17(15)6-13(12)20-17/h9-15H,1,3-7H2,2H3. The van der Waals surface area contributed by atoms with Gasteiger partial charge in [-0.05, 0) is 61.7 Å². The minimum absolute atomic E-state index is 0.226. The zero-order valence-electron chi connectivity index (χ0n) is 12.0. The fourth-order valence-electron chi connectivity index (χ4n) is 6.66. The first-order valence-electron chi connectivity index (χ1n) is 8.09. The van der Waals surface area contributed by atoms with E-state index in [-0.39, 0.29) is 11.6 Å². The van der Waals surface area contributed by atoms with E-state index in [1.54, 1.807) is 6.92 Å². The van der Waals surface area contributed by atoms with E-state index in [4.69, 9.17) is 9.47 Å². The zero-order chi connectivity index (χ0) is 13.6. The smallest absolute Gasteiger partial charge is 0.333 e. The minimum atomic E-state index is -0.226. The highest BCUT2D eigenvalue weighted by atomic mass is 16.5. The van der Waals surface area contributed by atoms with Crippen LogP contribution in [0, 0.1) is 35.5 Å². The predicted octanol–water partition coefficient (Wildman–Crippen LogP) is 2.56. The molecule has 6 rings (SSSR count). The van der Waals surface area contributed by atoms with Gasteiger partial charge < -0.3 is 9.47 Å². The molecule has 6 aliphatic rings. The number of fused-ring (bicyclic) bond motifs is 5. The van der Waals surface area contributed by atoms with E-state index >= 15 is 0 Å². The molecule has 2 saturated heterocycles. The van der Waals surface area contributed by atoms with Crippen LogP contribution in [-0.2, 0) is 14.3 Å². The van der Waals surface area contributed by atoms with Gasteiger partial charge in [-0.1, -0.05) is 6.58 Å². The van der Waals surface area contributed by atoms with Crippen molar-refractivity contribution in [1.82, 2.24) is 0 Å². The first-order valence-corrected chi connectivity index (χ1v) is 8.09. The molecular weight excluding hydrogens is 252 g/mol. The molecule has 8 atom stereocenters. The molecule has 8 unspecified atom stereocenters. The van der Waals surface area contributed by atoms with Gasteiger partial charge in [0.05, 0.1) is 18.3 Å². The van der Waals surface area contributed by atoms with Gasteiger partial charge in [-0.3, -0.25) is 0 Å². The third-order valence-corrected chi connectivity index (χ3v) is 7.08. The molecule has 0 radical (unpaired) electrons. The molecule has 2 aliphatic heterocycles. The summed E-state index contributed by atoms with van der Waals surface area (Å²) in [5, 5.41) is 0. The van der Waals surface area contributed by atoms with Crippen LogP contribution < -0.4 is 0 Å². The molecule has 0 aromatic carbocycles. The Morgan fingerprint density at radius 3 is 2.90 bits per heavy atom. The zero-order valence-corrected chi connectivity index (χ0v) is 12.0. The largest absolute Gasteiger partial charge is 0.462 e. The average Bonchev–Trinajstić information content (AvgIpc) is 3.12. The van der Waals surface area contributed by atoms with Crippen LogP contribution in [-0.4, -0.2) is 24.3 Å². The number of esters is 1. The molecule has 2 heterocycles. The Morgan fingerprint density at radius 2 is 2.15 bits per heavy atom. The van der Waals surface area contributed by atoms with Crippen LogP contribution in [0.5, 0.6) is 0 Å². The Bertz CT molecular complexity index is 504. The monoisotopic (exact) mass is 274 g/mol. The first kappa shape index (κ1) is 11.8. The van der Waals surface area contributed by atoms with E-state index in [2.05, 4.69) is 6.58 Å². The minimum Gasteiger partial charge on any atom is -0.462 e. The summed E-state index contributed by atoms with van der Waals surface area (Å²) in [4.78, 5) is 11.6. The summed E-state index contributed by atoms with van der Waals surface area (Å²) in [6, 6.07) is 0. The van der Waals surface area contributed by atoms with E-state index in [0.29, 0.717) is 24.2 Å². The molecule has 0 aromatic rings. The van der Waals surface area contributed by atoms with E-state index < -0.39 is 0 Å². The van der Waals surface area contributed by atoms with Gasteiger partial charge in [-0.15, -0.1) is 0 Å². The van der Waals surface area contributed by atoms with E-state index in [9.17, 15) is 4.79 Å². The van der Waals surface area contributed by atoms with Crippen molar-refractivity contribution < 1.29 is 14.3 Å². The van der Waals surface area contributed by atoms with Crippen LogP contribution in [0.2, 0.25) is 0 Å². The highest BCUT2D eigenvalue weighted by Gasteiger charge is 2.77. The molecule has 4 aliphatic carbocycles. The van der Waals surface area contributed by atoms with Crippen LogP contribution >= 0.6 is 0 Å². The number of carbonyl (C=O) groups is 1. The van der Waals surface area contributed by atoms with Crippen LogP contribution in [0.4, 0.5) is 0 Å². The van der Waals surface area contributed by atoms with Crippen molar-refractivity contribution in [2.75, 3.05) is 6.61 Å². The van der Waals surface area contributed by atoms with Gasteiger partial charge in [-0.25, -0.2) is 4.79 Å². The van der Waals surface area contributed by atoms with Gasteiger partial charge >= 0.3 is 5.97 Å². The first-order chi connectivity index (χ1) is 9.59. The molecule has 0 amide bonds. The Labute approximate surface area is 119 Å². The summed E-state index contributed by atoms with van der Waals surface area (Å²) < 4.78 is 11.6. The van der Waals surface area contributed by atoms with Crippen LogP contribution in [0.15, 0.2) is 12.2 Å². The van der Waals surface area contributed by atoms with Gasteiger partial charge in [-0.2, -0.15) is 0 Å². The molecule has 0 aromatic heterocycles. The topological polar surface area (TPSA) is 35.5 Å². The summed E-state index contributed by atoms with van der Waals surface area (Å²) >= 11 is 0. The van der Waals surface area contributed by atoms with Crippen molar-refractivity contribution in [1.29, 1.82) is 0 Å². The van der Waals surface area contributed by atoms with Crippen LogP contribution in [0.1, 0.15) is 32.6 Å². The van der Waals surface area contributed by atoms with Gasteiger partial charge in [0.2, 0.25) is 0 Å². The number of hydrogen-bond acceptors (Lipinski definition) is 3. The van der Waals surface area contributed by atoms with Crippen LogP contribution in [0.3, 0.4) is 0 Å². The Kier molecular flexibility index (Phi) is 2.06. The average molecular weight is 274 g/mol. The maximum atomic E-state index is 11.6. The molecule has 6 fully saturated rings. The number of rotatable bonds is 3. The number of carbonyl (C=O) groups excluding carboxylic acids is 1. The van der Waals surface area contributed by atoms with Crippen molar-refractivity contribution >= 4 is 5.97 Å². The van der Waals surface area contributed by atoms with E-state index in [0.717, 1.165) is 29.6 Å². The lowest BCUT2D eigenvalue weighted by Gasteiger charge is -2.54. The second kappa shape index (κ2) is 3.49. The summed E-state index contributed by atoms with van der Waals surface area (Å²) in [5.74, 6) is 4.57. The molecule has 4 saturated carbocycles. The van der Waals surface area contributed by atoms with E-state index in [1.165, 1.54) is 25.7 Å². The number of hydrogen-bond donors (Lipinski definition) is 0. The third-order valence-electron chi connectivity index (χ3n) is 7.08. The third kappa shape index (κ3) is 1.20. The molecule has 1 spiro atoms. The molecule has 3 heteroatoms. The fraction of sp³-hybridized carbons (Fsp3) is 0.824. The van der Waals surface area contributed by atoms with Crippen molar-refractivity contribution in [3.05, 3.63) is 12.2 Å². The lowest BCUT2D eigenvalue weighted by Crippen LogP contribution is -2.57. The highest BCUT2D eigenvalue weighted by Crippen LogP contribution is 2.76. The summed E-state index contributed by atoms with van der Waals surface area (Å²) in [6.45, 7) is 5.97. The number of ether oxygens (including phenoxy) is 2. The maximum absolute atomic E-state index is 11.6. The quantitative estimate of drug-likeness (QED) is 0.586. The van der Waals surface area contributed by atoms with Crippen molar-refractivity contribution in [3.8, 4) is 0 Å². The predicted molar refractivity (Wildman–Crippen MR) is 72.8 cm³/mol. The molecule has 20 heavy (non-hydrogen) atoms.